The standard InChI is InChI=1S/C12H14FN3S/c13-10-3-1-2-9(4-10)5-11(16-14)6-12-7-15-8-17-12/h1-4,7-8,11,16H,5-6,14H2. The van der Waals surface area contributed by atoms with Crippen LogP contribution in [0.3, 0.4) is 0 Å². The Hall–Kier alpha value is -1.30. The van der Waals surface area contributed by atoms with Crippen LogP contribution >= 0.6 is 11.3 Å². The number of hydrogen-bond acceptors (Lipinski definition) is 4. The number of aromatic nitrogens is 1. The predicted octanol–water partition coefficient (Wildman–Crippen LogP) is 1.90. The Morgan fingerprint density at radius 3 is 2.94 bits per heavy atom. The number of rotatable bonds is 5. The van der Waals surface area contributed by atoms with Crippen LogP contribution in [0.2, 0.25) is 0 Å². The molecule has 1 unspecified atom stereocenters. The van der Waals surface area contributed by atoms with Crippen molar-refractivity contribution in [3.63, 3.8) is 0 Å². The van der Waals surface area contributed by atoms with E-state index in [-0.39, 0.29) is 11.9 Å². The molecule has 2 aromatic rings. The van der Waals surface area contributed by atoms with Gasteiger partial charge in [0, 0.05) is 23.5 Å². The van der Waals surface area contributed by atoms with E-state index >= 15 is 0 Å². The highest BCUT2D eigenvalue weighted by molar-refractivity contribution is 7.09. The van der Waals surface area contributed by atoms with E-state index in [2.05, 4.69) is 10.4 Å². The van der Waals surface area contributed by atoms with Gasteiger partial charge in [0.05, 0.1) is 5.51 Å². The Morgan fingerprint density at radius 2 is 2.29 bits per heavy atom. The lowest BCUT2D eigenvalue weighted by Gasteiger charge is -2.14. The molecule has 0 aliphatic carbocycles. The lowest BCUT2D eigenvalue weighted by atomic mass is 10.0. The first-order valence-corrected chi connectivity index (χ1v) is 6.24. The van der Waals surface area contributed by atoms with Crippen molar-refractivity contribution in [2.24, 2.45) is 5.84 Å². The van der Waals surface area contributed by atoms with Crippen molar-refractivity contribution >= 4 is 11.3 Å². The average molecular weight is 251 g/mol. The maximum Gasteiger partial charge on any atom is 0.123 e. The molecule has 0 spiro atoms. The number of benzene rings is 1. The fourth-order valence-corrected chi connectivity index (χ4v) is 2.40. The second-order valence-electron chi connectivity index (χ2n) is 3.87. The summed E-state index contributed by atoms with van der Waals surface area (Å²) in [5, 5.41) is 0. The summed E-state index contributed by atoms with van der Waals surface area (Å²) >= 11 is 1.60. The fourth-order valence-electron chi connectivity index (χ4n) is 1.72. The molecule has 5 heteroatoms. The van der Waals surface area contributed by atoms with Gasteiger partial charge in [-0.2, -0.15) is 0 Å². The van der Waals surface area contributed by atoms with Crippen molar-refractivity contribution in [3.8, 4) is 0 Å². The van der Waals surface area contributed by atoms with Crippen LogP contribution in [0.25, 0.3) is 0 Å². The molecule has 1 aromatic heterocycles. The van der Waals surface area contributed by atoms with E-state index in [4.69, 9.17) is 5.84 Å². The van der Waals surface area contributed by atoms with Gasteiger partial charge in [0.1, 0.15) is 5.82 Å². The third-order valence-corrected chi connectivity index (χ3v) is 3.34. The zero-order valence-corrected chi connectivity index (χ0v) is 10.1. The molecule has 0 aliphatic rings. The Labute approximate surface area is 103 Å². The summed E-state index contributed by atoms with van der Waals surface area (Å²) in [6, 6.07) is 6.69. The average Bonchev–Trinajstić information content (AvgIpc) is 2.81. The Morgan fingerprint density at radius 1 is 1.41 bits per heavy atom. The van der Waals surface area contributed by atoms with Crippen LogP contribution in [0.15, 0.2) is 36.0 Å². The smallest absolute Gasteiger partial charge is 0.123 e. The molecule has 0 aliphatic heterocycles. The largest absolute Gasteiger partial charge is 0.271 e. The molecule has 0 amide bonds. The summed E-state index contributed by atoms with van der Waals surface area (Å²) in [4.78, 5) is 5.19. The fraction of sp³-hybridized carbons (Fsp3) is 0.250. The number of nitrogens with one attached hydrogen (secondary N) is 1. The SMILES string of the molecule is NNC(Cc1cccc(F)c1)Cc1cncs1. The summed E-state index contributed by atoms with van der Waals surface area (Å²) < 4.78 is 13.0. The van der Waals surface area contributed by atoms with E-state index in [1.807, 2.05) is 12.3 Å². The highest BCUT2D eigenvalue weighted by Gasteiger charge is 2.10. The minimum atomic E-state index is -0.212. The monoisotopic (exact) mass is 251 g/mol. The Kier molecular flexibility index (Phi) is 4.19. The molecule has 17 heavy (non-hydrogen) atoms. The molecule has 1 atom stereocenters. The quantitative estimate of drug-likeness (QED) is 0.630. The minimum absolute atomic E-state index is 0.0947. The molecule has 0 bridgehead atoms. The van der Waals surface area contributed by atoms with Crippen LogP contribution in [0, 0.1) is 5.82 Å². The van der Waals surface area contributed by atoms with Crippen molar-refractivity contribution < 1.29 is 4.39 Å². The van der Waals surface area contributed by atoms with Crippen molar-refractivity contribution in [1.82, 2.24) is 10.4 Å². The zero-order chi connectivity index (χ0) is 12.1. The maximum absolute atomic E-state index is 13.0. The molecule has 1 heterocycles. The van der Waals surface area contributed by atoms with Crippen LogP contribution in [0.1, 0.15) is 10.4 Å². The van der Waals surface area contributed by atoms with Crippen molar-refractivity contribution in [3.05, 3.63) is 52.2 Å². The van der Waals surface area contributed by atoms with Gasteiger partial charge < -0.3 is 0 Å². The van der Waals surface area contributed by atoms with E-state index in [0.717, 1.165) is 12.0 Å². The highest BCUT2D eigenvalue weighted by atomic mass is 32.1. The van der Waals surface area contributed by atoms with Gasteiger partial charge in [-0.05, 0) is 24.1 Å². The summed E-state index contributed by atoms with van der Waals surface area (Å²) in [5.74, 6) is 5.30. The first-order chi connectivity index (χ1) is 8.28. The van der Waals surface area contributed by atoms with Crippen LogP contribution < -0.4 is 11.3 Å². The van der Waals surface area contributed by atoms with Crippen molar-refractivity contribution in [2.45, 2.75) is 18.9 Å². The van der Waals surface area contributed by atoms with Gasteiger partial charge in [0.15, 0.2) is 0 Å². The first kappa shape index (κ1) is 12.2. The van der Waals surface area contributed by atoms with Gasteiger partial charge in [0.2, 0.25) is 0 Å². The van der Waals surface area contributed by atoms with Gasteiger partial charge in [-0.25, -0.2) is 4.39 Å². The third-order valence-electron chi connectivity index (χ3n) is 2.54. The molecular formula is C12H14FN3S. The summed E-state index contributed by atoms with van der Waals surface area (Å²) in [7, 11) is 0. The van der Waals surface area contributed by atoms with Crippen LogP contribution in [0.4, 0.5) is 4.39 Å². The van der Waals surface area contributed by atoms with Crippen LogP contribution in [-0.4, -0.2) is 11.0 Å². The molecule has 0 radical (unpaired) electrons. The molecule has 3 N–H and O–H groups in total. The first-order valence-electron chi connectivity index (χ1n) is 5.36. The number of nitrogens with zero attached hydrogens (tertiary/aromatic N) is 1. The van der Waals surface area contributed by atoms with Gasteiger partial charge in [0.25, 0.3) is 0 Å². The van der Waals surface area contributed by atoms with Gasteiger partial charge in [-0.1, -0.05) is 12.1 Å². The second-order valence-corrected chi connectivity index (χ2v) is 4.84. The van der Waals surface area contributed by atoms with E-state index in [0.29, 0.717) is 6.42 Å². The predicted molar refractivity (Wildman–Crippen MR) is 67.0 cm³/mol. The van der Waals surface area contributed by atoms with E-state index < -0.39 is 0 Å². The van der Waals surface area contributed by atoms with Crippen LogP contribution in [-0.2, 0) is 12.8 Å². The number of hydrazine groups is 1. The molecule has 1 aromatic carbocycles. The van der Waals surface area contributed by atoms with Gasteiger partial charge >= 0.3 is 0 Å². The zero-order valence-electron chi connectivity index (χ0n) is 9.27. The number of halogens is 1. The van der Waals surface area contributed by atoms with E-state index in [1.165, 1.54) is 17.0 Å². The lowest BCUT2D eigenvalue weighted by Crippen LogP contribution is -2.38. The van der Waals surface area contributed by atoms with E-state index in [1.54, 1.807) is 22.9 Å². The lowest BCUT2D eigenvalue weighted by molar-refractivity contribution is 0.523. The van der Waals surface area contributed by atoms with Crippen molar-refractivity contribution in [1.29, 1.82) is 0 Å². The number of hydrogen-bond donors (Lipinski definition) is 2. The highest BCUT2D eigenvalue weighted by Crippen LogP contribution is 2.12. The summed E-state index contributed by atoms with van der Waals surface area (Å²) in [6.45, 7) is 0. The Balaban J connectivity index is 2.00. The second kappa shape index (κ2) is 5.86. The number of nitrogens with two attached hydrogens (primary N) is 1. The maximum atomic E-state index is 13.0. The molecule has 2 rings (SSSR count). The normalized spacial score (nSPS) is 12.6. The van der Waals surface area contributed by atoms with Crippen LogP contribution in [0.5, 0.6) is 0 Å². The topological polar surface area (TPSA) is 50.9 Å². The molecule has 0 saturated heterocycles. The molecular weight excluding hydrogens is 237 g/mol. The molecule has 0 saturated carbocycles. The third kappa shape index (κ3) is 3.59. The summed E-state index contributed by atoms with van der Waals surface area (Å²) in [5.41, 5.74) is 5.50. The van der Waals surface area contributed by atoms with Crippen molar-refractivity contribution in [2.75, 3.05) is 0 Å². The van der Waals surface area contributed by atoms with E-state index in [9.17, 15) is 4.39 Å². The molecule has 0 fully saturated rings. The summed E-state index contributed by atoms with van der Waals surface area (Å²) in [6.07, 6.45) is 3.34. The Bertz CT molecular complexity index is 459. The number of thiazole rings is 1. The molecule has 3 nitrogen and oxygen atoms in total. The van der Waals surface area contributed by atoms with Gasteiger partial charge in [-0.15, -0.1) is 11.3 Å². The minimum Gasteiger partial charge on any atom is -0.271 e. The molecule has 90 valence electrons. The van der Waals surface area contributed by atoms with Gasteiger partial charge in [-0.3, -0.25) is 16.3 Å².